The van der Waals surface area contributed by atoms with Crippen molar-refractivity contribution in [3.05, 3.63) is 29.8 Å². The number of aryl methyl sites for hydroxylation is 1. The van der Waals surface area contributed by atoms with Crippen molar-refractivity contribution in [2.24, 2.45) is 0 Å². The summed E-state index contributed by atoms with van der Waals surface area (Å²) in [5.41, 5.74) is 1.09. The van der Waals surface area contributed by atoms with Gasteiger partial charge in [0.25, 0.3) is 0 Å². The van der Waals surface area contributed by atoms with Crippen LogP contribution in [-0.4, -0.2) is 41.5 Å². The highest BCUT2D eigenvalue weighted by Gasteiger charge is 2.06. The number of rotatable bonds is 10. The molecule has 0 saturated carbocycles. The first-order chi connectivity index (χ1) is 9.97. The second-order valence-corrected chi connectivity index (χ2v) is 5.42. The number of benzene rings is 1. The molecular weight excluding hydrogens is 270 g/mol. The Balaban J connectivity index is 2.28. The number of carboxylic acid groups (broad SMARTS) is 1. The minimum Gasteiger partial charge on any atom is -0.491 e. The topological polar surface area (TPSA) is 78.8 Å². The van der Waals surface area contributed by atoms with Crippen molar-refractivity contribution in [1.29, 1.82) is 0 Å². The fourth-order valence-electron chi connectivity index (χ4n) is 1.82. The molecule has 0 amide bonds. The fraction of sp³-hybridized carbons (Fsp3) is 0.562. The van der Waals surface area contributed by atoms with E-state index < -0.39 is 12.1 Å². The predicted molar refractivity (Wildman–Crippen MR) is 81.7 cm³/mol. The standard InChI is InChI=1S/C16H25NO4/c1-12(2)17-10-14(18)11-21-15-8-6-13(7-9-15)4-3-5-16(19)20/h6-9,12,14,17-18H,3-5,10-11H2,1-2H3,(H,19,20). The van der Waals surface area contributed by atoms with Gasteiger partial charge in [0.15, 0.2) is 0 Å². The number of carboxylic acids is 1. The number of aliphatic hydroxyl groups is 1. The van der Waals surface area contributed by atoms with Gasteiger partial charge in [-0.2, -0.15) is 0 Å². The number of nitrogens with one attached hydrogen (secondary N) is 1. The van der Waals surface area contributed by atoms with Crippen molar-refractivity contribution < 1.29 is 19.7 Å². The van der Waals surface area contributed by atoms with E-state index in [0.717, 1.165) is 12.0 Å². The highest BCUT2D eigenvalue weighted by molar-refractivity contribution is 5.66. The van der Waals surface area contributed by atoms with Crippen molar-refractivity contribution in [2.75, 3.05) is 13.2 Å². The maximum absolute atomic E-state index is 10.4. The van der Waals surface area contributed by atoms with Crippen LogP contribution >= 0.6 is 0 Å². The summed E-state index contributed by atoms with van der Waals surface area (Å²) < 4.78 is 5.51. The molecule has 1 aromatic rings. The van der Waals surface area contributed by atoms with Crippen LogP contribution in [0.15, 0.2) is 24.3 Å². The molecule has 0 aliphatic rings. The normalized spacial score (nSPS) is 12.4. The second kappa shape index (κ2) is 9.37. The van der Waals surface area contributed by atoms with Gasteiger partial charge in [-0.25, -0.2) is 0 Å². The molecule has 1 atom stereocenters. The van der Waals surface area contributed by atoms with Crippen LogP contribution in [0.25, 0.3) is 0 Å². The van der Waals surface area contributed by atoms with E-state index >= 15 is 0 Å². The molecule has 0 fully saturated rings. The molecule has 118 valence electrons. The maximum Gasteiger partial charge on any atom is 0.303 e. The smallest absolute Gasteiger partial charge is 0.303 e. The average Bonchev–Trinajstić information content (AvgIpc) is 2.44. The van der Waals surface area contributed by atoms with E-state index in [4.69, 9.17) is 9.84 Å². The maximum atomic E-state index is 10.4. The SMILES string of the molecule is CC(C)NCC(O)COc1ccc(CCCC(=O)O)cc1. The largest absolute Gasteiger partial charge is 0.491 e. The quantitative estimate of drug-likeness (QED) is 0.614. The van der Waals surface area contributed by atoms with Gasteiger partial charge in [0.05, 0.1) is 0 Å². The number of aliphatic hydroxyl groups excluding tert-OH is 1. The Hall–Kier alpha value is -1.59. The summed E-state index contributed by atoms with van der Waals surface area (Å²) in [7, 11) is 0. The molecule has 21 heavy (non-hydrogen) atoms. The summed E-state index contributed by atoms with van der Waals surface area (Å²) in [5, 5.41) is 21.5. The van der Waals surface area contributed by atoms with Gasteiger partial charge >= 0.3 is 5.97 Å². The fourth-order valence-corrected chi connectivity index (χ4v) is 1.82. The minimum atomic E-state index is -0.765. The molecule has 0 aliphatic carbocycles. The highest BCUT2D eigenvalue weighted by Crippen LogP contribution is 2.14. The van der Waals surface area contributed by atoms with E-state index in [-0.39, 0.29) is 13.0 Å². The van der Waals surface area contributed by atoms with E-state index in [1.54, 1.807) is 0 Å². The minimum absolute atomic E-state index is 0.188. The van der Waals surface area contributed by atoms with Crippen molar-refractivity contribution in [1.82, 2.24) is 5.32 Å². The molecule has 0 bridgehead atoms. The first kappa shape index (κ1) is 17.5. The lowest BCUT2D eigenvalue weighted by atomic mass is 10.1. The monoisotopic (exact) mass is 295 g/mol. The van der Waals surface area contributed by atoms with Crippen molar-refractivity contribution >= 4 is 5.97 Å². The van der Waals surface area contributed by atoms with Crippen molar-refractivity contribution in [2.45, 2.75) is 45.3 Å². The summed E-state index contributed by atoms with van der Waals surface area (Å²) in [5.74, 6) is -0.0560. The first-order valence-electron chi connectivity index (χ1n) is 7.32. The van der Waals surface area contributed by atoms with Gasteiger partial charge in [-0.15, -0.1) is 0 Å². The molecule has 1 unspecified atom stereocenters. The number of carbonyl (C=O) groups is 1. The zero-order valence-electron chi connectivity index (χ0n) is 12.7. The summed E-state index contributed by atoms with van der Waals surface area (Å²) in [6.45, 7) is 4.80. The molecule has 5 heteroatoms. The van der Waals surface area contributed by atoms with E-state index in [0.29, 0.717) is 24.8 Å². The second-order valence-electron chi connectivity index (χ2n) is 5.42. The lowest BCUT2D eigenvalue weighted by molar-refractivity contribution is -0.137. The van der Waals surface area contributed by atoms with Crippen LogP contribution in [0.3, 0.4) is 0 Å². The number of ether oxygens (including phenoxy) is 1. The van der Waals surface area contributed by atoms with Gasteiger partial charge in [0.2, 0.25) is 0 Å². The molecule has 1 rings (SSSR count). The lowest BCUT2D eigenvalue weighted by Gasteiger charge is -2.15. The van der Waals surface area contributed by atoms with Crippen LogP contribution in [0.1, 0.15) is 32.3 Å². The van der Waals surface area contributed by atoms with Crippen LogP contribution in [0, 0.1) is 0 Å². The highest BCUT2D eigenvalue weighted by atomic mass is 16.5. The zero-order valence-corrected chi connectivity index (χ0v) is 12.7. The van der Waals surface area contributed by atoms with E-state index in [1.807, 2.05) is 38.1 Å². The van der Waals surface area contributed by atoms with Gasteiger partial charge in [0.1, 0.15) is 18.5 Å². The third kappa shape index (κ3) is 8.32. The predicted octanol–water partition coefficient (Wildman–Crippen LogP) is 1.83. The molecule has 0 aliphatic heterocycles. The summed E-state index contributed by atoms with van der Waals surface area (Å²) in [6, 6.07) is 7.88. The molecule has 3 N–H and O–H groups in total. The van der Waals surface area contributed by atoms with Crippen LogP contribution in [-0.2, 0) is 11.2 Å². The lowest BCUT2D eigenvalue weighted by Crippen LogP contribution is -2.35. The molecule has 0 saturated heterocycles. The third-order valence-corrected chi connectivity index (χ3v) is 2.98. The molecular formula is C16H25NO4. The molecule has 1 aromatic carbocycles. The average molecular weight is 295 g/mol. The van der Waals surface area contributed by atoms with Crippen molar-refractivity contribution in [3.8, 4) is 5.75 Å². The summed E-state index contributed by atoms with van der Waals surface area (Å²) in [4.78, 5) is 10.4. The molecule has 0 aromatic heterocycles. The zero-order chi connectivity index (χ0) is 15.7. The number of hydrogen-bond acceptors (Lipinski definition) is 4. The Kier molecular flexibility index (Phi) is 7.79. The first-order valence-corrected chi connectivity index (χ1v) is 7.32. The summed E-state index contributed by atoms with van der Waals surface area (Å²) >= 11 is 0. The Morgan fingerprint density at radius 3 is 2.52 bits per heavy atom. The Bertz CT molecular complexity index is 417. The van der Waals surface area contributed by atoms with Gasteiger partial charge in [-0.05, 0) is 30.5 Å². The van der Waals surface area contributed by atoms with Crippen LogP contribution in [0.4, 0.5) is 0 Å². The van der Waals surface area contributed by atoms with Crippen LogP contribution in [0.2, 0.25) is 0 Å². The van der Waals surface area contributed by atoms with E-state index in [9.17, 15) is 9.90 Å². The number of aliphatic carboxylic acids is 1. The Morgan fingerprint density at radius 2 is 1.95 bits per heavy atom. The molecule has 0 spiro atoms. The Labute approximate surface area is 125 Å². The van der Waals surface area contributed by atoms with E-state index in [2.05, 4.69) is 5.32 Å². The van der Waals surface area contributed by atoms with Gasteiger partial charge in [-0.3, -0.25) is 4.79 Å². The van der Waals surface area contributed by atoms with Crippen LogP contribution < -0.4 is 10.1 Å². The Morgan fingerprint density at radius 1 is 1.29 bits per heavy atom. The summed E-state index contributed by atoms with van der Waals surface area (Å²) in [6.07, 6.45) is 1.03. The van der Waals surface area contributed by atoms with Crippen LogP contribution in [0.5, 0.6) is 5.75 Å². The van der Waals surface area contributed by atoms with Gasteiger partial charge in [0, 0.05) is 19.0 Å². The third-order valence-electron chi connectivity index (χ3n) is 2.98. The van der Waals surface area contributed by atoms with Crippen molar-refractivity contribution in [3.63, 3.8) is 0 Å². The number of hydrogen-bond donors (Lipinski definition) is 3. The molecule has 0 heterocycles. The van der Waals surface area contributed by atoms with Gasteiger partial charge in [-0.1, -0.05) is 26.0 Å². The molecule has 0 radical (unpaired) electrons. The van der Waals surface area contributed by atoms with Gasteiger partial charge < -0.3 is 20.3 Å². The van der Waals surface area contributed by atoms with E-state index in [1.165, 1.54) is 0 Å². The molecule has 5 nitrogen and oxygen atoms in total.